The zero-order chi connectivity index (χ0) is 15.4. The predicted molar refractivity (Wildman–Crippen MR) is 80.1 cm³/mol. The second-order valence-corrected chi connectivity index (χ2v) is 5.03. The van der Waals surface area contributed by atoms with Crippen LogP contribution in [0, 0.1) is 10.1 Å². The third kappa shape index (κ3) is 3.30. The van der Waals surface area contributed by atoms with Gasteiger partial charge in [-0.05, 0) is 18.1 Å². The predicted octanol–water partition coefficient (Wildman–Crippen LogP) is 1.35. The van der Waals surface area contributed by atoms with Crippen LogP contribution >= 0.6 is 0 Å². The fourth-order valence-corrected chi connectivity index (χ4v) is 2.68. The van der Waals surface area contributed by atoms with Crippen LogP contribution in [0.3, 0.4) is 0 Å². The van der Waals surface area contributed by atoms with E-state index >= 15 is 0 Å². The number of nitrogens with zero attached hydrogens (tertiary/aromatic N) is 2. The summed E-state index contributed by atoms with van der Waals surface area (Å²) in [6.07, 6.45) is 0.718. The number of benzene rings is 1. The number of carbonyl (C=O) groups is 1. The SMILES string of the molecule is CCC1C(=O)NCCN1Cc1cc([N+](=O)[O-])ccc1NC. The molecule has 7 nitrogen and oxygen atoms in total. The highest BCUT2D eigenvalue weighted by Gasteiger charge is 2.28. The summed E-state index contributed by atoms with van der Waals surface area (Å²) in [6, 6.07) is 4.58. The van der Waals surface area contributed by atoms with Gasteiger partial charge in [0.2, 0.25) is 5.91 Å². The molecular formula is C14H20N4O3. The van der Waals surface area contributed by atoms with Gasteiger partial charge in [0.1, 0.15) is 0 Å². The van der Waals surface area contributed by atoms with Crippen LogP contribution in [0.15, 0.2) is 18.2 Å². The monoisotopic (exact) mass is 292 g/mol. The van der Waals surface area contributed by atoms with Gasteiger partial charge in [-0.2, -0.15) is 0 Å². The smallest absolute Gasteiger partial charge is 0.269 e. The second kappa shape index (κ2) is 6.53. The molecular weight excluding hydrogens is 272 g/mol. The van der Waals surface area contributed by atoms with E-state index in [2.05, 4.69) is 15.5 Å². The van der Waals surface area contributed by atoms with Crippen LogP contribution in [0.1, 0.15) is 18.9 Å². The number of amides is 1. The van der Waals surface area contributed by atoms with E-state index < -0.39 is 4.92 Å². The molecule has 1 aliphatic heterocycles. The number of anilines is 1. The molecule has 1 aromatic rings. The number of hydrogen-bond donors (Lipinski definition) is 2. The molecule has 7 heteroatoms. The van der Waals surface area contributed by atoms with Gasteiger partial charge in [-0.15, -0.1) is 0 Å². The fraction of sp³-hybridized carbons (Fsp3) is 0.500. The lowest BCUT2D eigenvalue weighted by Crippen LogP contribution is -2.54. The summed E-state index contributed by atoms with van der Waals surface area (Å²) in [5, 5.41) is 16.8. The zero-order valence-electron chi connectivity index (χ0n) is 12.3. The van der Waals surface area contributed by atoms with Crippen molar-refractivity contribution in [2.45, 2.75) is 25.9 Å². The Hall–Kier alpha value is -2.15. The molecule has 2 rings (SSSR count). The van der Waals surface area contributed by atoms with Gasteiger partial charge in [-0.1, -0.05) is 6.92 Å². The van der Waals surface area contributed by atoms with Crippen molar-refractivity contribution in [1.29, 1.82) is 0 Å². The summed E-state index contributed by atoms with van der Waals surface area (Å²) in [5.41, 5.74) is 1.75. The molecule has 1 aliphatic rings. The largest absolute Gasteiger partial charge is 0.388 e. The lowest BCUT2D eigenvalue weighted by Gasteiger charge is -2.34. The average molecular weight is 292 g/mol. The highest BCUT2D eigenvalue weighted by atomic mass is 16.6. The molecule has 0 spiro atoms. The topological polar surface area (TPSA) is 87.5 Å². The Morgan fingerprint density at radius 1 is 1.52 bits per heavy atom. The van der Waals surface area contributed by atoms with E-state index in [0.29, 0.717) is 13.1 Å². The van der Waals surface area contributed by atoms with Gasteiger partial charge in [0.15, 0.2) is 0 Å². The van der Waals surface area contributed by atoms with Crippen LogP contribution in [0.4, 0.5) is 11.4 Å². The number of nitro benzene ring substituents is 1. The van der Waals surface area contributed by atoms with Gasteiger partial charge >= 0.3 is 0 Å². The molecule has 1 amide bonds. The van der Waals surface area contributed by atoms with Gasteiger partial charge in [0.25, 0.3) is 5.69 Å². The number of non-ortho nitro benzene ring substituents is 1. The molecule has 0 saturated carbocycles. The molecule has 0 bridgehead atoms. The summed E-state index contributed by atoms with van der Waals surface area (Å²) in [5.74, 6) is 0.0280. The van der Waals surface area contributed by atoms with E-state index in [1.165, 1.54) is 6.07 Å². The highest BCUT2D eigenvalue weighted by molar-refractivity contribution is 5.82. The third-order valence-electron chi connectivity index (χ3n) is 3.77. The number of piperazine rings is 1. The summed E-state index contributed by atoms with van der Waals surface area (Å²) in [6.45, 7) is 3.84. The van der Waals surface area contributed by atoms with E-state index in [4.69, 9.17) is 0 Å². The standard InChI is InChI=1S/C14H20N4O3/c1-3-13-14(19)16-6-7-17(13)9-10-8-11(18(20)21)4-5-12(10)15-2/h4-5,8,13,15H,3,6-7,9H2,1-2H3,(H,16,19). The van der Waals surface area contributed by atoms with Crippen LogP contribution in [-0.4, -0.2) is 41.9 Å². The van der Waals surface area contributed by atoms with Crippen molar-refractivity contribution in [3.8, 4) is 0 Å². The van der Waals surface area contributed by atoms with Crippen molar-refractivity contribution >= 4 is 17.3 Å². The van der Waals surface area contributed by atoms with Crippen molar-refractivity contribution < 1.29 is 9.72 Å². The summed E-state index contributed by atoms with van der Waals surface area (Å²) in [4.78, 5) is 24.5. The van der Waals surface area contributed by atoms with E-state index in [9.17, 15) is 14.9 Å². The molecule has 0 aromatic heterocycles. The molecule has 1 heterocycles. The molecule has 1 saturated heterocycles. The van der Waals surface area contributed by atoms with Crippen molar-refractivity contribution in [2.24, 2.45) is 0 Å². The molecule has 21 heavy (non-hydrogen) atoms. The Morgan fingerprint density at radius 3 is 2.90 bits per heavy atom. The zero-order valence-corrected chi connectivity index (χ0v) is 12.3. The molecule has 114 valence electrons. The van der Waals surface area contributed by atoms with Crippen LogP contribution in [0.2, 0.25) is 0 Å². The first-order chi connectivity index (χ1) is 10.1. The maximum Gasteiger partial charge on any atom is 0.269 e. The van der Waals surface area contributed by atoms with Crippen LogP contribution in [-0.2, 0) is 11.3 Å². The normalized spacial score (nSPS) is 19.1. The van der Waals surface area contributed by atoms with Gasteiger partial charge in [-0.3, -0.25) is 19.8 Å². The highest BCUT2D eigenvalue weighted by Crippen LogP contribution is 2.24. The van der Waals surface area contributed by atoms with E-state index in [0.717, 1.165) is 24.2 Å². The van der Waals surface area contributed by atoms with E-state index in [-0.39, 0.29) is 17.6 Å². The van der Waals surface area contributed by atoms with E-state index in [1.807, 2.05) is 6.92 Å². The number of nitrogens with one attached hydrogen (secondary N) is 2. The quantitative estimate of drug-likeness (QED) is 0.632. The second-order valence-electron chi connectivity index (χ2n) is 5.03. The Morgan fingerprint density at radius 2 is 2.29 bits per heavy atom. The van der Waals surface area contributed by atoms with Crippen LogP contribution in [0.25, 0.3) is 0 Å². The van der Waals surface area contributed by atoms with Crippen molar-refractivity contribution in [1.82, 2.24) is 10.2 Å². The van der Waals surface area contributed by atoms with Gasteiger partial charge in [-0.25, -0.2) is 0 Å². The number of nitro groups is 1. The minimum Gasteiger partial charge on any atom is -0.388 e. The first-order valence-corrected chi connectivity index (χ1v) is 7.03. The maximum absolute atomic E-state index is 11.9. The van der Waals surface area contributed by atoms with Crippen LogP contribution < -0.4 is 10.6 Å². The van der Waals surface area contributed by atoms with Crippen molar-refractivity contribution in [3.63, 3.8) is 0 Å². The van der Waals surface area contributed by atoms with Gasteiger partial charge < -0.3 is 10.6 Å². The summed E-state index contributed by atoms with van der Waals surface area (Å²) in [7, 11) is 1.78. The molecule has 0 radical (unpaired) electrons. The fourth-order valence-electron chi connectivity index (χ4n) is 2.68. The molecule has 1 aromatic carbocycles. The first kappa shape index (κ1) is 15.2. The Labute approximate surface area is 123 Å². The average Bonchev–Trinajstić information content (AvgIpc) is 2.47. The molecule has 2 N–H and O–H groups in total. The lowest BCUT2D eigenvalue weighted by molar-refractivity contribution is -0.384. The minimum absolute atomic E-state index is 0.0280. The van der Waals surface area contributed by atoms with Crippen molar-refractivity contribution in [2.75, 3.05) is 25.5 Å². The molecule has 1 fully saturated rings. The molecule has 1 atom stereocenters. The van der Waals surface area contributed by atoms with Gasteiger partial charge in [0, 0.05) is 44.5 Å². The maximum atomic E-state index is 11.9. The van der Waals surface area contributed by atoms with Gasteiger partial charge in [0.05, 0.1) is 11.0 Å². The summed E-state index contributed by atoms with van der Waals surface area (Å²) < 4.78 is 0. The Bertz CT molecular complexity index is 547. The number of rotatable bonds is 5. The Kier molecular flexibility index (Phi) is 4.74. The van der Waals surface area contributed by atoms with Crippen molar-refractivity contribution in [3.05, 3.63) is 33.9 Å². The van der Waals surface area contributed by atoms with E-state index in [1.54, 1.807) is 19.2 Å². The minimum atomic E-state index is -0.400. The first-order valence-electron chi connectivity index (χ1n) is 7.03. The van der Waals surface area contributed by atoms with Crippen LogP contribution in [0.5, 0.6) is 0 Å². The molecule has 0 aliphatic carbocycles. The summed E-state index contributed by atoms with van der Waals surface area (Å²) >= 11 is 0. The Balaban J connectivity index is 2.26. The third-order valence-corrected chi connectivity index (χ3v) is 3.77. The number of hydrogen-bond acceptors (Lipinski definition) is 5. The lowest BCUT2D eigenvalue weighted by atomic mass is 10.1. The molecule has 1 unspecified atom stereocenters. The number of carbonyl (C=O) groups excluding carboxylic acids is 1.